The molecule has 1 aromatic carbocycles. The number of hydrogen-bond acceptors (Lipinski definition) is 3. The van der Waals surface area contributed by atoms with Gasteiger partial charge in [0.25, 0.3) is 0 Å². The van der Waals surface area contributed by atoms with Crippen molar-refractivity contribution in [1.82, 2.24) is 4.90 Å². The number of hydrogen-bond donors (Lipinski definition) is 1. The van der Waals surface area contributed by atoms with Crippen LogP contribution in [0.1, 0.15) is 20.3 Å². The summed E-state index contributed by atoms with van der Waals surface area (Å²) in [5.41, 5.74) is 7.54. The van der Waals surface area contributed by atoms with E-state index in [0.717, 1.165) is 39.1 Å². The van der Waals surface area contributed by atoms with Crippen LogP contribution in [0.4, 0.5) is 5.69 Å². The number of rotatable bonds is 5. The average molecular weight is 261 g/mol. The molecule has 2 N–H and O–H groups in total. The number of anilines is 1. The lowest BCUT2D eigenvalue weighted by Crippen LogP contribution is -2.50. The van der Waals surface area contributed by atoms with Crippen molar-refractivity contribution in [2.45, 2.75) is 26.3 Å². The third kappa shape index (κ3) is 4.51. The Labute approximate surface area is 117 Å². The first kappa shape index (κ1) is 14.4. The fraction of sp³-hybridized carbons (Fsp3) is 0.625. The van der Waals surface area contributed by atoms with E-state index in [1.54, 1.807) is 0 Å². The van der Waals surface area contributed by atoms with Gasteiger partial charge in [-0.25, -0.2) is 0 Å². The molecule has 0 spiro atoms. The normalized spacial score (nSPS) is 18.8. The molecule has 3 heteroatoms. The van der Waals surface area contributed by atoms with Gasteiger partial charge in [-0.2, -0.15) is 0 Å². The summed E-state index contributed by atoms with van der Waals surface area (Å²) in [7, 11) is 0. The number of para-hydroxylation sites is 1. The fourth-order valence-electron chi connectivity index (χ4n) is 2.84. The summed E-state index contributed by atoms with van der Waals surface area (Å²) >= 11 is 0. The van der Waals surface area contributed by atoms with Crippen molar-refractivity contribution >= 4 is 5.69 Å². The molecular weight excluding hydrogens is 234 g/mol. The van der Waals surface area contributed by atoms with Crippen LogP contribution in [0.25, 0.3) is 0 Å². The van der Waals surface area contributed by atoms with Gasteiger partial charge in [-0.3, -0.25) is 4.90 Å². The Kier molecular flexibility index (Phi) is 5.23. The van der Waals surface area contributed by atoms with Crippen LogP contribution >= 0.6 is 0 Å². The van der Waals surface area contributed by atoms with Crippen LogP contribution in [0.2, 0.25) is 0 Å². The molecule has 1 aromatic rings. The molecule has 1 aliphatic rings. The highest BCUT2D eigenvalue weighted by Gasteiger charge is 2.19. The highest BCUT2D eigenvalue weighted by atomic mass is 15.3. The minimum absolute atomic E-state index is 0.322. The zero-order chi connectivity index (χ0) is 13.7. The molecule has 0 radical (unpaired) electrons. The fourth-order valence-corrected chi connectivity index (χ4v) is 2.84. The third-order valence-corrected chi connectivity index (χ3v) is 3.76. The molecule has 1 atom stereocenters. The van der Waals surface area contributed by atoms with Gasteiger partial charge in [-0.15, -0.1) is 0 Å². The maximum atomic E-state index is 6.20. The Morgan fingerprint density at radius 3 is 2.26 bits per heavy atom. The van der Waals surface area contributed by atoms with E-state index in [0.29, 0.717) is 12.0 Å². The summed E-state index contributed by atoms with van der Waals surface area (Å²) in [4.78, 5) is 4.97. The lowest BCUT2D eigenvalue weighted by Gasteiger charge is -2.37. The van der Waals surface area contributed by atoms with Crippen molar-refractivity contribution in [3.8, 4) is 0 Å². The second kappa shape index (κ2) is 6.92. The van der Waals surface area contributed by atoms with E-state index < -0.39 is 0 Å². The third-order valence-electron chi connectivity index (χ3n) is 3.76. The van der Waals surface area contributed by atoms with Crippen molar-refractivity contribution in [2.24, 2.45) is 11.7 Å². The number of nitrogens with zero attached hydrogens (tertiary/aromatic N) is 2. The molecule has 1 fully saturated rings. The van der Waals surface area contributed by atoms with Crippen LogP contribution in [-0.2, 0) is 0 Å². The second-order valence-electron chi connectivity index (χ2n) is 6.01. The lowest BCUT2D eigenvalue weighted by molar-refractivity contribution is 0.233. The van der Waals surface area contributed by atoms with Gasteiger partial charge in [0, 0.05) is 44.5 Å². The quantitative estimate of drug-likeness (QED) is 0.882. The van der Waals surface area contributed by atoms with E-state index in [1.807, 2.05) is 0 Å². The van der Waals surface area contributed by atoms with E-state index in [-0.39, 0.29) is 0 Å². The van der Waals surface area contributed by atoms with E-state index in [9.17, 15) is 0 Å². The predicted octanol–water partition coefficient (Wildman–Crippen LogP) is 2.18. The minimum Gasteiger partial charge on any atom is -0.369 e. The first-order valence-electron chi connectivity index (χ1n) is 7.43. The van der Waals surface area contributed by atoms with E-state index in [2.05, 4.69) is 54.0 Å². The molecule has 0 unspecified atom stereocenters. The van der Waals surface area contributed by atoms with Crippen molar-refractivity contribution in [3.05, 3.63) is 30.3 Å². The first-order chi connectivity index (χ1) is 9.15. The lowest BCUT2D eigenvalue weighted by atomic mass is 10.0. The summed E-state index contributed by atoms with van der Waals surface area (Å²) in [5, 5.41) is 0. The van der Waals surface area contributed by atoms with Gasteiger partial charge in [0.05, 0.1) is 0 Å². The monoisotopic (exact) mass is 261 g/mol. The molecule has 1 aliphatic heterocycles. The smallest absolute Gasteiger partial charge is 0.0367 e. The van der Waals surface area contributed by atoms with Crippen LogP contribution in [0.3, 0.4) is 0 Å². The average Bonchev–Trinajstić information content (AvgIpc) is 2.39. The highest BCUT2D eigenvalue weighted by Crippen LogP contribution is 2.15. The van der Waals surface area contributed by atoms with Gasteiger partial charge in [-0.1, -0.05) is 32.0 Å². The van der Waals surface area contributed by atoms with Gasteiger partial charge in [0.15, 0.2) is 0 Å². The highest BCUT2D eigenvalue weighted by molar-refractivity contribution is 5.46. The molecule has 2 rings (SSSR count). The Hall–Kier alpha value is -1.06. The summed E-state index contributed by atoms with van der Waals surface area (Å²) in [6.07, 6.45) is 1.12. The van der Waals surface area contributed by atoms with Crippen LogP contribution in [0.15, 0.2) is 30.3 Å². The van der Waals surface area contributed by atoms with E-state index >= 15 is 0 Å². The maximum absolute atomic E-state index is 6.20. The molecule has 0 aromatic heterocycles. The molecule has 0 aliphatic carbocycles. The van der Waals surface area contributed by atoms with Crippen molar-refractivity contribution in [2.75, 3.05) is 37.6 Å². The Bertz CT molecular complexity index is 356. The van der Waals surface area contributed by atoms with Gasteiger partial charge in [0.1, 0.15) is 0 Å². The van der Waals surface area contributed by atoms with Gasteiger partial charge in [-0.05, 0) is 24.5 Å². The van der Waals surface area contributed by atoms with E-state index in [4.69, 9.17) is 5.73 Å². The molecule has 1 saturated heterocycles. The Balaban J connectivity index is 1.76. The standard InChI is InChI=1S/C16H27N3/c1-14(2)12-15(17)13-18-8-10-19(11-9-18)16-6-4-3-5-7-16/h3-7,14-15H,8-13,17H2,1-2H3/t15-/m0/s1. The minimum atomic E-state index is 0.322. The summed E-state index contributed by atoms with van der Waals surface area (Å²) in [6, 6.07) is 11.0. The van der Waals surface area contributed by atoms with Crippen LogP contribution in [-0.4, -0.2) is 43.7 Å². The SMILES string of the molecule is CC(C)C[C@H](N)CN1CCN(c2ccccc2)CC1. The van der Waals surface area contributed by atoms with Gasteiger partial charge < -0.3 is 10.6 Å². The molecule has 19 heavy (non-hydrogen) atoms. The van der Waals surface area contributed by atoms with E-state index in [1.165, 1.54) is 5.69 Å². The van der Waals surface area contributed by atoms with Crippen molar-refractivity contribution in [1.29, 1.82) is 0 Å². The topological polar surface area (TPSA) is 32.5 Å². The van der Waals surface area contributed by atoms with Gasteiger partial charge >= 0.3 is 0 Å². The molecule has 106 valence electrons. The molecule has 0 bridgehead atoms. The van der Waals surface area contributed by atoms with Crippen molar-refractivity contribution in [3.63, 3.8) is 0 Å². The second-order valence-corrected chi connectivity index (χ2v) is 6.01. The molecule has 1 heterocycles. The first-order valence-corrected chi connectivity index (χ1v) is 7.43. The molecule has 0 saturated carbocycles. The van der Waals surface area contributed by atoms with Crippen LogP contribution < -0.4 is 10.6 Å². The van der Waals surface area contributed by atoms with Crippen LogP contribution in [0, 0.1) is 5.92 Å². The van der Waals surface area contributed by atoms with Crippen LogP contribution in [0.5, 0.6) is 0 Å². The maximum Gasteiger partial charge on any atom is 0.0367 e. The van der Waals surface area contributed by atoms with Crippen molar-refractivity contribution < 1.29 is 0 Å². The number of nitrogens with two attached hydrogens (primary N) is 1. The molecular formula is C16H27N3. The largest absolute Gasteiger partial charge is 0.369 e. The predicted molar refractivity (Wildman–Crippen MR) is 82.5 cm³/mol. The summed E-state index contributed by atoms with van der Waals surface area (Å²) < 4.78 is 0. The Morgan fingerprint density at radius 2 is 1.68 bits per heavy atom. The zero-order valence-corrected chi connectivity index (χ0v) is 12.3. The molecule has 0 amide bonds. The summed E-state index contributed by atoms with van der Waals surface area (Å²) in [5.74, 6) is 0.695. The zero-order valence-electron chi connectivity index (χ0n) is 12.3. The number of piperazine rings is 1. The Morgan fingerprint density at radius 1 is 1.05 bits per heavy atom. The summed E-state index contributed by atoms with van der Waals surface area (Å²) in [6.45, 7) is 10.00. The number of benzene rings is 1. The van der Waals surface area contributed by atoms with Gasteiger partial charge in [0.2, 0.25) is 0 Å². The molecule has 3 nitrogen and oxygen atoms in total.